The summed E-state index contributed by atoms with van der Waals surface area (Å²) in [6, 6.07) is -0.808. The topological polar surface area (TPSA) is 175 Å². The molecular formula is C65H121NO10. The summed E-state index contributed by atoms with van der Waals surface area (Å²) in [6.07, 6.45) is 58.3. The molecule has 7 atom stereocenters. The second-order valence-electron chi connectivity index (χ2n) is 22.5. The van der Waals surface area contributed by atoms with Gasteiger partial charge in [0.2, 0.25) is 5.91 Å². The molecule has 0 saturated carbocycles. The fraction of sp³-hybridized carbons (Fsp3) is 0.877. The van der Waals surface area contributed by atoms with Crippen molar-refractivity contribution in [3.05, 3.63) is 36.5 Å². The van der Waals surface area contributed by atoms with E-state index in [-0.39, 0.29) is 18.5 Å². The minimum absolute atomic E-state index is 0.0109. The van der Waals surface area contributed by atoms with Crippen molar-refractivity contribution in [3.63, 3.8) is 0 Å². The number of amides is 1. The Balaban J connectivity index is 1.96. The number of esters is 1. The lowest BCUT2D eigenvalue weighted by Crippen LogP contribution is -2.60. The zero-order valence-corrected chi connectivity index (χ0v) is 49.2. The Morgan fingerprint density at radius 3 is 1.34 bits per heavy atom. The van der Waals surface area contributed by atoms with E-state index in [0.717, 1.165) is 64.2 Å². The zero-order valence-electron chi connectivity index (χ0n) is 49.2. The van der Waals surface area contributed by atoms with Gasteiger partial charge in [-0.05, 0) is 64.2 Å². The van der Waals surface area contributed by atoms with E-state index in [1.165, 1.54) is 212 Å². The summed E-state index contributed by atoms with van der Waals surface area (Å²) >= 11 is 0. The molecule has 1 amide bonds. The highest BCUT2D eigenvalue weighted by atomic mass is 16.7. The monoisotopic (exact) mass is 1080 g/mol. The van der Waals surface area contributed by atoms with Crippen LogP contribution >= 0.6 is 0 Å². The summed E-state index contributed by atoms with van der Waals surface area (Å²) in [6.45, 7) is 4.30. The highest BCUT2D eigenvalue weighted by Crippen LogP contribution is 2.23. The molecule has 76 heavy (non-hydrogen) atoms. The van der Waals surface area contributed by atoms with Gasteiger partial charge >= 0.3 is 5.97 Å². The van der Waals surface area contributed by atoms with Crippen molar-refractivity contribution < 1.29 is 49.3 Å². The molecule has 0 aromatic rings. The van der Waals surface area contributed by atoms with Crippen LogP contribution in [-0.4, -0.2) is 100 Å². The molecule has 0 aromatic heterocycles. The third-order valence-corrected chi connectivity index (χ3v) is 15.2. The summed E-state index contributed by atoms with van der Waals surface area (Å²) < 4.78 is 16.7. The molecule has 0 bridgehead atoms. The second-order valence-corrected chi connectivity index (χ2v) is 22.5. The Morgan fingerprint density at radius 1 is 0.487 bits per heavy atom. The maximum Gasteiger partial charge on any atom is 0.305 e. The number of aliphatic hydroxyl groups excluding tert-OH is 5. The summed E-state index contributed by atoms with van der Waals surface area (Å²) in [5, 5.41) is 54.2. The van der Waals surface area contributed by atoms with Crippen LogP contribution in [0, 0.1) is 0 Å². The minimum atomic E-state index is -1.57. The van der Waals surface area contributed by atoms with Crippen molar-refractivity contribution in [2.24, 2.45) is 0 Å². The number of ether oxygens (including phenoxy) is 3. The van der Waals surface area contributed by atoms with Gasteiger partial charge in [-0.25, -0.2) is 0 Å². The molecule has 0 spiro atoms. The highest BCUT2D eigenvalue weighted by Gasteiger charge is 2.44. The molecule has 11 nitrogen and oxygen atoms in total. The van der Waals surface area contributed by atoms with Crippen LogP contribution in [0.25, 0.3) is 0 Å². The molecule has 1 rings (SSSR count). The number of carbonyl (C=O) groups is 2. The average molecular weight is 1080 g/mol. The Labute approximate surface area is 466 Å². The Hall–Kier alpha value is -2.12. The van der Waals surface area contributed by atoms with Crippen molar-refractivity contribution in [3.8, 4) is 0 Å². The molecule has 7 unspecified atom stereocenters. The molecule has 11 heteroatoms. The number of carbonyl (C=O) groups excluding carboxylic acids is 2. The fourth-order valence-electron chi connectivity index (χ4n) is 10.1. The van der Waals surface area contributed by atoms with E-state index in [9.17, 15) is 35.1 Å². The molecular weight excluding hydrogens is 955 g/mol. The van der Waals surface area contributed by atoms with Crippen LogP contribution in [0.2, 0.25) is 0 Å². The first kappa shape index (κ1) is 71.9. The van der Waals surface area contributed by atoms with Gasteiger partial charge in [-0.3, -0.25) is 9.59 Å². The van der Waals surface area contributed by atoms with Crippen molar-refractivity contribution >= 4 is 11.9 Å². The van der Waals surface area contributed by atoms with Crippen molar-refractivity contribution in [1.82, 2.24) is 5.32 Å². The van der Waals surface area contributed by atoms with E-state index in [0.29, 0.717) is 19.4 Å². The minimum Gasteiger partial charge on any atom is -0.466 e. The lowest BCUT2D eigenvalue weighted by atomic mass is 9.99. The number of allylic oxidation sites excluding steroid dienone is 5. The van der Waals surface area contributed by atoms with Crippen LogP contribution in [0.5, 0.6) is 0 Å². The third kappa shape index (κ3) is 43.7. The van der Waals surface area contributed by atoms with Gasteiger partial charge in [0.1, 0.15) is 24.4 Å². The normalized spacial score (nSPS) is 18.9. The number of unbranched alkanes of at least 4 members (excludes halogenated alkanes) is 38. The van der Waals surface area contributed by atoms with Crippen LogP contribution in [0.1, 0.15) is 303 Å². The lowest BCUT2D eigenvalue weighted by molar-refractivity contribution is -0.302. The van der Waals surface area contributed by atoms with Gasteiger partial charge in [-0.15, -0.1) is 0 Å². The predicted molar refractivity (Wildman–Crippen MR) is 315 cm³/mol. The number of aliphatic hydroxyl groups is 5. The quantitative estimate of drug-likeness (QED) is 0.0195. The molecule has 446 valence electrons. The van der Waals surface area contributed by atoms with Crippen molar-refractivity contribution in [1.29, 1.82) is 0 Å². The largest absolute Gasteiger partial charge is 0.466 e. The molecule has 0 aromatic carbocycles. The van der Waals surface area contributed by atoms with E-state index in [2.05, 4.69) is 43.5 Å². The zero-order chi connectivity index (χ0) is 55.2. The van der Waals surface area contributed by atoms with Gasteiger partial charge < -0.3 is 45.1 Å². The maximum atomic E-state index is 13.0. The molecule has 0 aliphatic carbocycles. The van der Waals surface area contributed by atoms with E-state index >= 15 is 0 Å². The Bertz CT molecular complexity index is 1360. The van der Waals surface area contributed by atoms with Crippen molar-refractivity contribution in [2.45, 2.75) is 346 Å². The number of rotatable bonds is 56. The first-order valence-corrected chi connectivity index (χ1v) is 32.3. The smallest absolute Gasteiger partial charge is 0.305 e. The van der Waals surface area contributed by atoms with Gasteiger partial charge in [-0.1, -0.05) is 262 Å². The van der Waals surface area contributed by atoms with Gasteiger partial charge in [0, 0.05) is 12.8 Å². The summed E-state index contributed by atoms with van der Waals surface area (Å²) in [5.41, 5.74) is 0. The van der Waals surface area contributed by atoms with Crippen LogP contribution in [0.3, 0.4) is 0 Å². The lowest BCUT2D eigenvalue weighted by Gasteiger charge is -2.40. The van der Waals surface area contributed by atoms with Crippen molar-refractivity contribution in [2.75, 3.05) is 19.8 Å². The van der Waals surface area contributed by atoms with Gasteiger partial charge in [0.05, 0.1) is 32.0 Å². The molecule has 1 saturated heterocycles. The summed E-state index contributed by atoms with van der Waals surface area (Å²) in [4.78, 5) is 25.1. The molecule has 1 aliphatic heterocycles. The predicted octanol–water partition coefficient (Wildman–Crippen LogP) is 15.5. The Kier molecular flexibility index (Phi) is 51.9. The highest BCUT2D eigenvalue weighted by molar-refractivity contribution is 5.76. The molecule has 6 N–H and O–H groups in total. The summed E-state index contributed by atoms with van der Waals surface area (Å²) in [7, 11) is 0. The first-order chi connectivity index (χ1) is 37.2. The molecule has 1 fully saturated rings. The van der Waals surface area contributed by atoms with Gasteiger partial charge in [-0.2, -0.15) is 0 Å². The van der Waals surface area contributed by atoms with Crippen LogP contribution in [-0.2, 0) is 23.8 Å². The number of nitrogens with one attached hydrogen (secondary N) is 1. The van der Waals surface area contributed by atoms with Gasteiger partial charge in [0.15, 0.2) is 6.29 Å². The molecule has 1 aliphatic rings. The molecule has 1 heterocycles. The van der Waals surface area contributed by atoms with Crippen LogP contribution in [0.4, 0.5) is 0 Å². The van der Waals surface area contributed by atoms with Gasteiger partial charge in [0.25, 0.3) is 0 Å². The first-order valence-electron chi connectivity index (χ1n) is 32.3. The average Bonchev–Trinajstić information content (AvgIpc) is 3.42. The van der Waals surface area contributed by atoms with E-state index in [1.807, 2.05) is 6.08 Å². The number of hydrogen-bond acceptors (Lipinski definition) is 10. The van der Waals surface area contributed by atoms with E-state index in [4.69, 9.17) is 14.2 Å². The fourth-order valence-corrected chi connectivity index (χ4v) is 10.1. The van der Waals surface area contributed by atoms with E-state index in [1.54, 1.807) is 6.08 Å². The standard InChI is InChI=1S/C65H121NO10/c1-3-5-7-9-11-13-14-15-16-27-30-33-37-41-45-49-53-61(70)74-54-50-46-42-38-34-31-28-25-23-21-19-17-18-20-22-24-26-29-32-36-40-44-48-52-60(69)66-57(58(68)51-47-43-39-35-12-10-8-6-4-2)56-75-65-64(73)63(72)62(71)59(55-67)76-65/h13-14,16,27,47,51,57-59,62-65,67-68,71-73H,3-12,15,17-26,28-46,48-50,52-56H2,1-2H3,(H,66,69)/b14-13-,27-16-,51-47+. The molecule has 0 radical (unpaired) electrons. The number of hydrogen-bond donors (Lipinski definition) is 6. The SMILES string of the molecule is CCCCCC/C=C\C/C=C\CCCCCCCC(=O)OCCCCCCCCCCCCCCCCCCCCCCCCCC(=O)NC(COC1OC(CO)C(O)C(O)C1O)C(O)/C=C/CCCCCCCCC. The van der Waals surface area contributed by atoms with Crippen LogP contribution in [0.15, 0.2) is 36.5 Å². The van der Waals surface area contributed by atoms with Crippen LogP contribution < -0.4 is 5.32 Å². The Morgan fingerprint density at radius 2 is 0.882 bits per heavy atom. The maximum absolute atomic E-state index is 13.0. The summed E-state index contributed by atoms with van der Waals surface area (Å²) in [5.74, 6) is -0.194. The second kappa shape index (κ2) is 54.8. The van der Waals surface area contributed by atoms with E-state index < -0.39 is 49.5 Å². The third-order valence-electron chi connectivity index (χ3n) is 15.2.